The second-order valence-electron chi connectivity index (χ2n) is 8.32. The minimum absolute atomic E-state index is 0.535. The highest BCUT2D eigenvalue weighted by Crippen LogP contribution is 2.65. The van der Waals surface area contributed by atoms with Crippen LogP contribution >= 0.6 is 0 Å². The topological polar surface area (TPSA) is 0 Å². The predicted molar refractivity (Wildman–Crippen MR) is 85.5 cm³/mol. The van der Waals surface area contributed by atoms with E-state index in [4.69, 9.17) is 0 Å². The summed E-state index contributed by atoms with van der Waals surface area (Å²) in [6.45, 7) is 6.86. The molecule has 5 atom stereocenters. The first-order valence-electron chi connectivity index (χ1n) is 9.03. The fraction of sp³-hybridized carbons (Fsp3) is 0.800. The molecular weight excluding hydrogens is 240 g/mol. The number of rotatable bonds is 1. The molecule has 0 aromatic carbocycles. The van der Waals surface area contributed by atoms with Crippen LogP contribution in [0, 0.1) is 28.6 Å². The van der Waals surface area contributed by atoms with Crippen molar-refractivity contribution in [2.75, 3.05) is 0 Å². The maximum atomic E-state index is 4.24. The molecular formula is C20H30. The summed E-state index contributed by atoms with van der Waals surface area (Å²) < 4.78 is 0. The summed E-state index contributed by atoms with van der Waals surface area (Å²) in [6, 6.07) is 0. The van der Waals surface area contributed by atoms with Crippen molar-refractivity contribution >= 4 is 0 Å². The van der Waals surface area contributed by atoms with E-state index in [1.54, 1.807) is 0 Å². The van der Waals surface area contributed by atoms with Crippen LogP contribution in [-0.2, 0) is 0 Å². The van der Waals surface area contributed by atoms with Crippen molar-refractivity contribution < 1.29 is 0 Å². The third-order valence-corrected chi connectivity index (χ3v) is 7.85. The maximum Gasteiger partial charge on any atom is -0.00853 e. The van der Waals surface area contributed by atoms with Crippen molar-refractivity contribution in [3.05, 3.63) is 24.3 Å². The van der Waals surface area contributed by atoms with E-state index in [1.165, 1.54) is 64.2 Å². The highest BCUT2D eigenvalue weighted by atomic mass is 14.6. The lowest BCUT2D eigenvalue weighted by Crippen LogP contribution is -2.49. The summed E-state index contributed by atoms with van der Waals surface area (Å²) in [5.41, 5.74) is 2.94. The molecule has 0 heteroatoms. The minimum Gasteiger partial charge on any atom is -0.103 e. The molecule has 20 heavy (non-hydrogen) atoms. The molecule has 0 amide bonds. The van der Waals surface area contributed by atoms with Gasteiger partial charge in [-0.15, -0.1) is 6.58 Å². The molecule has 0 bridgehead atoms. The highest BCUT2D eigenvalue weighted by Gasteiger charge is 2.56. The molecule has 3 fully saturated rings. The molecule has 4 aliphatic rings. The van der Waals surface area contributed by atoms with Gasteiger partial charge in [0, 0.05) is 0 Å². The van der Waals surface area contributed by atoms with Crippen molar-refractivity contribution in [1.29, 1.82) is 0 Å². The molecule has 4 aliphatic carbocycles. The van der Waals surface area contributed by atoms with Gasteiger partial charge in [-0.3, -0.25) is 0 Å². The maximum absolute atomic E-state index is 4.24. The van der Waals surface area contributed by atoms with Crippen molar-refractivity contribution in [1.82, 2.24) is 0 Å². The van der Waals surface area contributed by atoms with Gasteiger partial charge in [-0.05, 0) is 86.4 Å². The standard InChI is InChI=1S/C20H30/c1-3-20-13-6-8-18(20)16-10-9-15-7-4-5-12-19(15,2)17(16)11-14-20/h3,7,16-18H,1,4-6,8-14H2,2H3/t16-,17+,18+,19+,20+/m1/s1. The van der Waals surface area contributed by atoms with Crippen LogP contribution < -0.4 is 0 Å². The van der Waals surface area contributed by atoms with Crippen LogP contribution in [0.1, 0.15) is 71.1 Å². The Labute approximate surface area is 124 Å². The van der Waals surface area contributed by atoms with Gasteiger partial charge in [-0.25, -0.2) is 0 Å². The Morgan fingerprint density at radius 2 is 2.00 bits per heavy atom. The van der Waals surface area contributed by atoms with Gasteiger partial charge < -0.3 is 0 Å². The number of fused-ring (bicyclic) bond motifs is 5. The summed E-state index contributed by atoms with van der Waals surface area (Å²) in [6.07, 6.45) is 19.4. The van der Waals surface area contributed by atoms with Crippen molar-refractivity contribution in [3.63, 3.8) is 0 Å². The predicted octanol–water partition coefficient (Wildman–Crippen LogP) is 5.90. The zero-order valence-corrected chi connectivity index (χ0v) is 13.2. The molecule has 0 radical (unpaired) electrons. The average molecular weight is 270 g/mol. The van der Waals surface area contributed by atoms with Gasteiger partial charge in [0.2, 0.25) is 0 Å². The molecule has 0 nitrogen and oxygen atoms in total. The summed E-state index contributed by atoms with van der Waals surface area (Å²) in [5.74, 6) is 2.96. The van der Waals surface area contributed by atoms with E-state index >= 15 is 0 Å². The molecule has 0 aliphatic heterocycles. The largest absolute Gasteiger partial charge is 0.103 e. The second kappa shape index (κ2) is 4.49. The van der Waals surface area contributed by atoms with E-state index in [0.29, 0.717) is 10.8 Å². The summed E-state index contributed by atoms with van der Waals surface area (Å²) in [4.78, 5) is 0. The first-order chi connectivity index (χ1) is 9.70. The van der Waals surface area contributed by atoms with Crippen LogP contribution in [-0.4, -0.2) is 0 Å². The zero-order chi connectivity index (χ0) is 13.8. The number of allylic oxidation sites excluding steroid dienone is 3. The van der Waals surface area contributed by atoms with Gasteiger partial charge in [0.25, 0.3) is 0 Å². The first-order valence-corrected chi connectivity index (χ1v) is 9.03. The van der Waals surface area contributed by atoms with Gasteiger partial charge in [0.05, 0.1) is 0 Å². The van der Waals surface area contributed by atoms with E-state index in [-0.39, 0.29) is 0 Å². The molecule has 3 saturated carbocycles. The Bertz CT molecular complexity index is 445. The van der Waals surface area contributed by atoms with Crippen molar-refractivity contribution in [2.24, 2.45) is 28.6 Å². The molecule has 110 valence electrons. The highest BCUT2D eigenvalue weighted by molar-refractivity contribution is 5.24. The smallest absolute Gasteiger partial charge is 0.00853 e. The molecule has 0 heterocycles. The van der Waals surface area contributed by atoms with E-state index in [1.807, 2.05) is 5.57 Å². The molecule has 0 N–H and O–H groups in total. The Hall–Kier alpha value is -0.520. The molecule has 0 spiro atoms. The van der Waals surface area contributed by atoms with Crippen molar-refractivity contribution in [2.45, 2.75) is 71.1 Å². The van der Waals surface area contributed by atoms with Gasteiger partial charge in [0.1, 0.15) is 0 Å². The first kappa shape index (κ1) is 13.2. The van der Waals surface area contributed by atoms with Crippen LogP contribution in [0.4, 0.5) is 0 Å². The van der Waals surface area contributed by atoms with E-state index in [2.05, 4.69) is 25.7 Å². The van der Waals surface area contributed by atoms with Crippen LogP contribution in [0.3, 0.4) is 0 Å². The van der Waals surface area contributed by atoms with Crippen LogP contribution in [0.2, 0.25) is 0 Å². The Balaban J connectivity index is 1.69. The Kier molecular flexibility index (Phi) is 2.95. The monoisotopic (exact) mass is 270 g/mol. The summed E-state index contributed by atoms with van der Waals surface area (Å²) in [7, 11) is 0. The zero-order valence-electron chi connectivity index (χ0n) is 13.2. The minimum atomic E-state index is 0.535. The van der Waals surface area contributed by atoms with Crippen LogP contribution in [0.5, 0.6) is 0 Å². The lowest BCUT2D eigenvalue weighted by molar-refractivity contribution is -0.0244. The van der Waals surface area contributed by atoms with Gasteiger partial charge in [-0.2, -0.15) is 0 Å². The van der Waals surface area contributed by atoms with Gasteiger partial charge >= 0.3 is 0 Å². The Morgan fingerprint density at radius 1 is 1.10 bits per heavy atom. The lowest BCUT2D eigenvalue weighted by atomic mass is 9.47. The summed E-state index contributed by atoms with van der Waals surface area (Å²) >= 11 is 0. The summed E-state index contributed by atoms with van der Waals surface area (Å²) in [5, 5.41) is 0. The number of hydrogen-bond acceptors (Lipinski definition) is 0. The van der Waals surface area contributed by atoms with Gasteiger partial charge in [0.15, 0.2) is 0 Å². The van der Waals surface area contributed by atoms with E-state index in [0.717, 1.165) is 17.8 Å². The average Bonchev–Trinajstić information content (AvgIpc) is 2.91. The third kappa shape index (κ3) is 1.60. The quantitative estimate of drug-likeness (QED) is 0.521. The fourth-order valence-electron chi connectivity index (χ4n) is 6.82. The molecule has 0 aromatic heterocycles. The number of hydrogen-bond donors (Lipinski definition) is 0. The van der Waals surface area contributed by atoms with Crippen LogP contribution in [0.15, 0.2) is 24.3 Å². The fourth-order valence-corrected chi connectivity index (χ4v) is 6.82. The molecule has 0 aromatic rings. The molecule has 0 saturated heterocycles. The van der Waals surface area contributed by atoms with Crippen LogP contribution in [0.25, 0.3) is 0 Å². The SMILES string of the molecule is C=C[C@@]12CCC[C@H]1[C@@H]1CCC3=CCCC[C@]3(C)[C@H]1CC2. The Morgan fingerprint density at radius 3 is 2.85 bits per heavy atom. The normalized spacial score (nSPS) is 50.6. The van der Waals surface area contributed by atoms with E-state index < -0.39 is 0 Å². The van der Waals surface area contributed by atoms with E-state index in [9.17, 15) is 0 Å². The van der Waals surface area contributed by atoms with Gasteiger partial charge in [-0.1, -0.05) is 31.1 Å². The lowest BCUT2D eigenvalue weighted by Gasteiger charge is -2.57. The third-order valence-electron chi connectivity index (χ3n) is 7.85. The molecule has 0 unspecified atom stereocenters. The molecule has 4 rings (SSSR count). The van der Waals surface area contributed by atoms with Crippen molar-refractivity contribution in [3.8, 4) is 0 Å². The second-order valence-corrected chi connectivity index (χ2v) is 8.32.